The van der Waals surface area contributed by atoms with Gasteiger partial charge in [-0.1, -0.05) is 17.7 Å². The standard InChI is InChI=1S/C22H22ClN3O3/c1-13-18(23)4-3-5-19(13)24-22(29)16-11-21(28)26(12-16)17-6-7-20-15(10-17)8-9-25(20)14(2)27/h3-7,10,16H,8-9,11-12H2,1-2H3,(H,24,29)/t16-/m0/s1. The number of nitrogens with one attached hydrogen (secondary N) is 1. The SMILES string of the molecule is CC(=O)N1CCc2cc(N3C[C@@H](C(=O)Nc4cccc(Cl)c4C)CC3=O)ccc21. The molecule has 1 atom stereocenters. The van der Waals surface area contributed by atoms with Crippen LogP contribution in [-0.2, 0) is 20.8 Å². The van der Waals surface area contributed by atoms with Crippen molar-refractivity contribution in [3.63, 3.8) is 0 Å². The van der Waals surface area contributed by atoms with Crippen LogP contribution in [0.2, 0.25) is 5.02 Å². The second kappa shape index (κ2) is 7.52. The second-order valence-electron chi connectivity index (χ2n) is 7.54. The molecular formula is C22H22ClN3O3. The molecule has 6 nitrogen and oxygen atoms in total. The van der Waals surface area contributed by atoms with Gasteiger partial charge in [0.25, 0.3) is 0 Å². The van der Waals surface area contributed by atoms with Crippen molar-refractivity contribution < 1.29 is 14.4 Å². The fourth-order valence-corrected chi connectivity index (χ4v) is 4.17. The zero-order chi connectivity index (χ0) is 20.7. The summed E-state index contributed by atoms with van der Waals surface area (Å²) >= 11 is 6.12. The molecule has 0 unspecified atom stereocenters. The van der Waals surface area contributed by atoms with Crippen molar-refractivity contribution in [3.05, 3.63) is 52.5 Å². The van der Waals surface area contributed by atoms with Gasteiger partial charge in [-0.15, -0.1) is 0 Å². The number of amides is 3. The maximum Gasteiger partial charge on any atom is 0.229 e. The topological polar surface area (TPSA) is 69.7 Å². The third-order valence-electron chi connectivity index (χ3n) is 5.67. The number of rotatable bonds is 3. The summed E-state index contributed by atoms with van der Waals surface area (Å²) in [7, 11) is 0. The van der Waals surface area contributed by atoms with Crippen LogP contribution in [0.25, 0.3) is 0 Å². The first-order valence-corrected chi connectivity index (χ1v) is 10.0. The van der Waals surface area contributed by atoms with Crippen molar-refractivity contribution in [3.8, 4) is 0 Å². The van der Waals surface area contributed by atoms with Gasteiger partial charge in [0, 0.05) is 48.5 Å². The predicted octanol–water partition coefficient (Wildman–Crippen LogP) is 3.55. The summed E-state index contributed by atoms with van der Waals surface area (Å²) in [5.41, 5.74) is 4.19. The molecule has 0 aliphatic carbocycles. The Balaban J connectivity index is 1.49. The van der Waals surface area contributed by atoms with E-state index in [9.17, 15) is 14.4 Å². The smallest absolute Gasteiger partial charge is 0.229 e. The minimum Gasteiger partial charge on any atom is -0.325 e. The minimum atomic E-state index is -0.428. The third-order valence-corrected chi connectivity index (χ3v) is 6.08. The van der Waals surface area contributed by atoms with E-state index >= 15 is 0 Å². The number of hydrogen-bond donors (Lipinski definition) is 1. The fraction of sp³-hybridized carbons (Fsp3) is 0.318. The van der Waals surface area contributed by atoms with Crippen molar-refractivity contribution in [2.45, 2.75) is 26.7 Å². The Morgan fingerprint density at radius 3 is 2.76 bits per heavy atom. The van der Waals surface area contributed by atoms with Crippen LogP contribution in [-0.4, -0.2) is 30.8 Å². The molecule has 7 heteroatoms. The Bertz CT molecular complexity index is 1020. The maximum absolute atomic E-state index is 12.7. The van der Waals surface area contributed by atoms with Crippen LogP contribution in [0.1, 0.15) is 24.5 Å². The van der Waals surface area contributed by atoms with Gasteiger partial charge in [0.1, 0.15) is 0 Å². The highest BCUT2D eigenvalue weighted by Crippen LogP contribution is 2.34. The molecule has 2 aromatic rings. The number of halogens is 1. The van der Waals surface area contributed by atoms with Gasteiger partial charge in [-0.05, 0) is 54.8 Å². The zero-order valence-corrected chi connectivity index (χ0v) is 17.1. The van der Waals surface area contributed by atoms with Gasteiger partial charge in [-0.3, -0.25) is 14.4 Å². The van der Waals surface area contributed by atoms with E-state index in [1.165, 1.54) is 0 Å². The quantitative estimate of drug-likeness (QED) is 0.839. The number of benzene rings is 2. The fourth-order valence-electron chi connectivity index (χ4n) is 3.99. The molecule has 1 N–H and O–H groups in total. The van der Waals surface area contributed by atoms with Crippen LogP contribution < -0.4 is 15.1 Å². The van der Waals surface area contributed by atoms with Crippen molar-refractivity contribution in [1.82, 2.24) is 0 Å². The molecule has 1 fully saturated rings. The largest absolute Gasteiger partial charge is 0.325 e. The maximum atomic E-state index is 12.7. The molecular weight excluding hydrogens is 390 g/mol. The Morgan fingerprint density at radius 2 is 2.00 bits per heavy atom. The Labute approximate surface area is 174 Å². The molecule has 29 heavy (non-hydrogen) atoms. The summed E-state index contributed by atoms with van der Waals surface area (Å²) in [5.74, 6) is -0.672. The summed E-state index contributed by atoms with van der Waals surface area (Å²) in [4.78, 5) is 40.5. The first-order chi connectivity index (χ1) is 13.8. The lowest BCUT2D eigenvalue weighted by Gasteiger charge is -2.19. The molecule has 2 aliphatic rings. The molecule has 4 rings (SSSR count). The normalized spacial score (nSPS) is 18.2. The van der Waals surface area contributed by atoms with Crippen LogP contribution in [0.5, 0.6) is 0 Å². The van der Waals surface area contributed by atoms with Gasteiger partial charge in [0.05, 0.1) is 5.92 Å². The summed E-state index contributed by atoms with van der Waals surface area (Å²) in [6.45, 7) is 4.39. The summed E-state index contributed by atoms with van der Waals surface area (Å²) in [6, 6.07) is 11.0. The lowest BCUT2D eigenvalue weighted by molar-refractivity contribution is -0.122. The highest BCUT2D eigenvalue weighted by atomic mass is 35.5. The minimum absolute atomic E-state index is 0.0155. The first kappa shape index (κ1) is 19.5. The average molecular weight is 412 g/mol. The number of carbonyl (C=O) groups is 3. The van der Waals surface area contributed by atoms with E-state index in [1.807, 2.05) is 25.1 Å². The van der Waals surface area contributed by atoms with Crippen molar-refractivity contribution >= 4 is 46.4 Å². The second-order valence-corrected chi connectivity index (χ2v) is 7.95. The van der Waals surface area contributed by atoms with E-state index in [1.54, 1.807) is 34.9 Å². The van der Waals surface area contributed by atoms with Gasteiger partial charge >= 0.3 is 0 Å². The Hall–Kier alpha value is -2.86. The van der Waals surface area contributed by atoms with Crippen LogP contribution in [0.3, 0.4) is 0 Å². The predicted molar refractivity (Wildman–Crippen MR) is 113 cm³/mol. The van der Waals surface area contributed by atoms with E-state index in [0.29, 0.717) is 23.8 Å². The number of fused-ring (bicyclic) bond motifs is 1. The third kappa shape index (κ3) is 3.60. The monoisotopic (exact) mass is 411 g/mol. The molecule has 150 valence electrons. The molecule has 2 heterocycles. The van der Waals surface area contributed by atoms with Crippen molar-refractivity contribution in [2.24, 2.45) is 5.92 Å². The van der Waals surface area contributed by atoms with Gasteiger partial charge in [-0.2, -0.15) is 0 Å². The van der Waals surface area contributed by atoms with Crippen LogP contribution in [0, 0.1) is 12.8 Å². The highest BCUT2D eigenvalue weighted by molar-refractivity contribution is 6.31. The van der Waals surface area contributed by atoms with Gasteiger partial charge in [0.2, 0.25) is 17.7 Å². The lowest BCUT2D eigenvalue weighted by Crippen LogP contribution is -2.28. The molecule has 2 aliphatic heterocycles. The average Bonchev–Trinajstić information content (AvgIpc) is 3.28. The molecule has 3 amide bonds. The van der Waals surface area contributed by atoms with E-state index < -0.39 is 5.92 Å². The molecule has 1 saturated heterocycles. The number of nitrogens with zero attached hydrogens (tertiary/aromatic N) is 2. The van der Waals surface area contributed by atoms with E-state index in [0.717, 1.165) is 28.9 Å². The number of hydrogen-bond acceptors (Lipinski definition) is 3. The molecule has 0 radical (unpaired) electrons. The molecule has 0 bridgehead atoms. The molecule has 0 aromatic heterocycles. The van der Waals surface area contributed by atoms with Gasteiger partial charge in [0.15, 0.2) is 0 Å². The molecule has 2 aromatic carbocycles. The van der Waals surface area contributed by atoms with E-state index in [2.05, 4.69) is 5.32 Å². The lowest BCUT2D eigenvalue weighted by atomic mass is 10.1. The van der Waals surface area contributed by atoms with Crippen LogP contribution >= 0.6 is 11.6 Å². The van der Waals surface area contributed by atoms with Gasteiger partial charge < -0.3 is 15.1 Å². The highest BCUT2D eigenvalue weighted by Gasteiger charge is 2.36. The Kier molecular flexibility index (Phi) is 5.04. The molecule has 0 saturated carbocycles. The Morgan fingerprint density at radius 1 is 1.21 bits per heavy atom. The number of carbonyl (C=O) groups excluding carboxylic acids is 3. The summed E-state index contributed by atoms with van der Waals surface area (Å²) in [5, 5.41) is 3.49. The van der Waals surface area contributed by atoms with Crippen LogP contribution in [0.4, 0.5) is 17.1 Å². The van der Waals surface area contributed by atoms with Crippen molar-refractivity contribution in [1.29, 1.82) is 0 Å². The van der Waals surface area contributed by atoms with E-state index in [-0.39, 0.29) is 24.1 Å². The summed E-state index contributed by atoms with van der Waals surface area (Å²) < 4.78 is 0. The first-order valence-electron chi connectivity index (χ1n) is 9.62. The van der Waals surface area contributed by atoms with Gasteiger partial charge in [-0.25, -0.2) is 0 Å². The van der Waals surface area contributed by atoms with Crippen molar-refractivity contribution in [2.75, 3.05) is 28.2 Å². The van der Waals surface area contributed by atoms with Crippen LogP contribution in [0.15, 0.2) is 36.4 Å². The summed E-state index contributed by atoms with van der Waals surface area (Å²) in [6.07, 6.45) is 0.935. The zero-order valence-electron chi connectivity index (χ0n) is 16.4. The number of anilines is 3. The molecule has 0 spiro atoms. The van der Waals surface area contributed by atoms with E-state index in [4.69, 9.17) is 11.6 Å².